The fraction of sp³-hybridized carbons (Fsp3) is 0.353. The Morgan fingerprint density at radius 2 is 1.96 bits per heavy atom. The minimum atomic E-state index is -1.06. The number of aliphatic carboxylic acids is 1. The van der Waals surface area contributed by atoms with Crippen molar-refractivity contribution in [3.8, 4) is 16.3 Å². The van der Waals surface area contributed by atoms with Crippen LogP contribution in [-0.2, 0) is 4.79 Å². The van der Waals surface area contributed by atoms with Crippen LogP contribution in [0.4, 0.5) is 0 Å². The van der Waals surface area contributed by atoms with Crippen molar-refractivity contribution in [2.45, 2.75) is 26.8 Å². The zero-order chi connectivity index (χ0) is 17.7. The van der Waals surface area contributed by atoms with Crippen LogP contribution in [-0.4, -0.2) is 34.6 Å². The van der Waals surface area contributed by atoms with Crippen LogP contribution in [0.15, 0.2) is 29.6 Å². The van der Waals surface area contributed by atoms with Crippen LogP contribution in [0.1, 0.15) is 31.3 Å². The molecule has 1 aromatic heterocycles. The lowest BCUT2D eigenvalue weighted by Crippen LogP contribution is -2.44. The van der Waals surface area contributed by atoms with Crippen LogP contribution in [0, 0.1) is 5.92 Å². The van der Waals surface area contributed by atoms with E-state index in [0.29, 0.717) is 11.6 Å². The Labute approximate surface area is 144 Å². The summed E-state index contributed by atoms with van der Waals surface area (Å²) in [6.45, 7) is 6.00. The number of carboxylic acids is 1. The monoisotopic (exact) mass is 348 g/mol. The van der Waals surface area contributed by atoms with E-state index in [9.17, 15) is 9.59 Å². The van der Waals surface area contributed by atoms with Gasteiger partial charge in [-0.2, -0.15) is 0 Å². The molecule has 2 aromatic rings. The van der Waals surface area contributed by atoms with Crippen molar-refractivity contribution in [1.82, 2.24) is 10.3 Å². The average Bonchev–Trinajstić information content (AvgIpc) is 3.03. The number of carboxylic acid groups (broad SMARTS) is 1. The first kappa shape index (κ1) is 17.9. The number of carbonyl (C=O) groups excluding carboxylic acids is 1. The van der Waals surface area contributed by atoms with Gasteiger partial charge in [0.1, 0.15) is 22.5 Å². The number of rotatable bonds is 7. The first-order chi connectivity index (χ1) is 11.4. The predicted octanol–water partition coefficient (Wildman–Crippen LogP) is 3.05. The smallest absolute Gasteiger partial charge is 0.326 e. The third-order valence-electron chi connectivity index (χ3n) is 3.37. The number of nitrogens with one attached hydrogen (secondary N) is 1. The summed E-state index contributed by atoms with van der Waals surface area (Å²) in [5.74, 6) is -0.975. The van der Waals surface area contributed by atoms with Gasteiger partial charge in [0.05, 0.1) is 6.61 Å². The number of thiazole rings is 1. The first-order valence-electron chi connectivity index (χ1n) is 7.64. The Balaban J connectivity index is 2.12. The van der Waals surface area contributed by atoms with Gasteiger partial charge in [-0.25, -0.2) is 9.78 Å². The predicted molar refractivity (Wildman–Crippen MR) is 92.4 cm³/mol. The van der Waals surface area contributed by atoms with Crippen molar-refractivity contribution >= 4 is 23.2 Å². The number of carbonyl (C=O) groups is 2. The van der Waals surface area contributed by atoms with Crippen LogP contribution < -0.4 is 10.1 Å². The number of benzene rings is 1. The molecule has 2 N–H and O–H groups in total. The molecular weight excluding hydrogens is 328 g/mol. The lowest BCUT2D eigenvalue weighted by atomic mass is 10.0. The molecule has 7 heteroatoms. The van der Waals surface area contributed by atoms with E-state index in [0.717, 1.165) is 11.3 Å². The lowest BCUT2D eigenvalue weighted by Gasteiger charge is -2.16. The van der Waals surface area contributed by atoms with Crippen molar-refractivity contribution in [2.24, 2.45) is 5.92 Å². The molecule has 1 unspecified atom stereocenters. The number of aromatic nitrogens is 1. The van der Waals surface area contributed by atoms with Gasteiger partial charge in [0.15, 0.2) is 0 Å². The van der Waals surface area contributed by atoms with E-state index >= 15 is 0 Å². The molecule has 1 heterocycles. The highest BCUT2D eigenvalue weighted by Gasteiger charge is 2.25. The van der Waals surface area contributed by atoms with Gasteiger partial charge in [-0.05, 0) is 37.1 Å². The quantitative estimate of drug-likeness (QED) is 0.803. The Kier molecular flexibility index (Phi) is 5.92. The maximum Gasteiger partial charge on any atom is 0.326 e. The minimum Gasteiger partial charge on any atom is -0.494 e. The highest BCUT2D eigenvalue weighted by atomic mass is 32.1. The third-order valence-corrected chi connectivity index (χ3v) is 4.26. The molecule has 0 spiro atoms. The number of nitrogens with zero attached hydrogens (tertiary/aromatic N) is 1. The second-order valence-corrected chi connectivity index (χ2v) is 6.39. The van der Waals surface area contributed by atoms with Crippen molar-refractivity contribution in [3.63, 3.8) is 0 Å². The third kappa shape index (κ3) is 4.32. The molecule has 0 bridgehead atoms. The van der Waals surface area contributed by atoms with Gasteiger partial charge < -0.3 is 15.2 Å². The Morgan fingerprint density at radius 3 is 2.50 bits per heavy atom. The van der Waals surface area contributed by atoms with E-state index in [1.807, 2.05) is 31.2 Å². The van der Waals surface area contributed by atoms with E-state index in [4.69, 9.17) is 9.84 Å². The molecule has 1 amide bonds. The van der Waals surface area contributed by atoms with Crippen LogP contribution in [0.25, 0.3) is 10.6 Å². The number of amides is 1. The standard InChI is InChI=1S/C17H20N2O4S/c1-4-23-12-7-5-11(6-8-12)16-18-13(9-24-16)15(20)19-14(10(2)3)17(21)22/h5-10,14H,4H2,1-3H3,(H,19,20)(H,21,22). The summed E-state index contributed by atoms with van der Waals surface area (Å²) < 4.78 is 5.39. The topological polar surface area (TPSA) is 88.5 Å². The van der Waals surface area contributed by atoms with E-state index in [-0.39, 0.29) is 11.6 Å². The summed E-state index contributed by atoms with van der Waals surface area (Å²) in [7, 11) is 0. The molecule has 0 saturated heterocycles. The van der Waals surface area contributed by atoms with Crippen LogP contribution >= 0.6 is 11.3 Å². The Bertz CT molecular complexity index is 710. The van der Waals surface area contributed by atoms with Crippen LogP contribution in [0.2, 0.25) is 0 Å². The van der Waals surface area contributed by atoms with Gasteiger partial charge in [-0.3, -0.25) is 4.79 Å². The van der Waals surface area contributed by atoms with E-state index in [1.165, 1.54) is 11.3 Å². The molecule has 0 aliphatic heterocycles. The maximum absolute atomic E-state index is 12.2. The number of ether oxygens (including phenoxy) is 1. The van der Waals surface area contributed by atoms with Gasteiger partial charge >= 0.3 is 5.97 Å². The molecule has 1 aromatic carbocycles. The summed E-state index contributed by atoms with van der Waals surface area (Å²) in [4.78, 5) is 27.7. The van der Waals surface area contributed by atoms with Crippen molar-refractivity contribution in [1.29, 1.82) is 0 Å². The second-order valence-electron chi connectivity index (χ2n) is 5.53. The van der Waals surface area contributed by atoms with Gasteiger partial charge in [-0.1, -0.05) is 13.8 Å². The molecule has 0 fully saturated rings. The summed E-state index contributed by atoms with van der Waals surface area (Å²) in [6.07, 6.45) is 0. The molecule has 128 valence electrons. The zero-order valence-corrected chi connectivity index (χ0v) is 14.6. The summed E-state index contributed by atoms with van der Waals surface area (Å²) in [6, 6.07) is 6.51. The van der Waals surface area contributed by atoms with Gasteiger partial charge in [-0.15, -0.1) is 11.3 Å². The highest BCUT2D eigenvalue weighted by molar-refractivity contribution is 7.13. The van der Waals surface area contributed by atoms with E-state index in [2.05, 4.69) is 10.3 Å². The Hall–Kier alpha value is -2.41. The van der Waals surface area contributed by atoms with Crippen molar-refractivity contribution < 1.29 is 19.4 Å². The normalized spacial score (nSPS) is 12.0. The molecule has 0 aliphatic rings. The van der Waals surface area contributed by atoms with Gasteiger partial charge in [0, 0.05) is 10.9 Å². The van der Waals surface area contributed by atoms with Crippen molar-refractivity contribution in [2.75, 3.05) is 6.61 Å². The van der Waals surface area contributed by atoms with Crippen LogP contribution in [0.3, 0.4) is 0 Å². The summed E-state index contributed by atoms with van der Waals surface area (Å²) >= 11 is 1.33. The number of hydrogen-bond acceptors (Lipinski definition) is 5. The van der Waals surface area contributed by atoms with Crippen LogP contribution in [0.5, 0.6) is 5.75 Å². The van der Waals surface area contributed by atoms with E-state index < -0.39 is 17.9 Å². The zero-order valence-electron chi connectivity index (χ0n) is 13.8. The van der Waals surface area contributed by atoms with Gasteiger partial charge in [0.2, 0.25) is 0 Å². The fourth-order valence-electron chi connectivity index (χ4n) is 2.10. The molecular formula is C17H20N2O4S. The van der Waals surface area contributed by atoms with E-state index in [1.54, 1.807) is 19.2 Å². The molecule has 1 atom stereocenters. The maximum atomic E-state index is 12.2. The summed E-state index contributed by atoms with van der Waals surface area (Å²) in [5, 5.41) is 14.0. The van der Waals surface area contributed by atoms with Crippen molar-refractivity contribution in [3.05, 3.63) is 35.3 Å². The minimum absolute atomic E-state index is 0.212. The molecule has 0 aliphatic carbocycles. The average molecular weight is 348 g/mol. The SMILES string of the molecule is CCOc1ccc(-c2nc(C(=O)NC(C(=O)O)C(C)C)cs2)cc1. The molecule has 6 nitrogen and oxygen atoms in total. The molecule has 0 radical (unpaired) electrons. The Morgan fingerprint density at radius 1 is 1.29 bits per heavy atom. The fourth-order valence-corrected chi connectivity index (χ4v) is 2.91. The highest BCUT2D eigenvalue weighted by Crippen LogP contribution is 2.25. The largest absolute Gasteiger partial charge is 0.494 e. The lowest BCUT2D eigenvalue weighted by molar-refractivity contribution is -0.140. The van der Waals surface area contributed by atoms with Gasteiger partial charge in [0.25, 0.3) is 5.91 Å². The second kappa shape index (κ2) is 7.92. The summed E-state index contributed by atoms with van der Waals surface area (Å²) in [5.41, 5.74) is 1.09. The molecule has 0 saturated carbocycles. The first-order valence-corrected chi connectivity index (χ1v) is 8.52. The molecule has 2 rings (SSSR count). The molecule has 24 heavy (non-hydrogen) atoms. The number of hydrogen-bond donors (Lipinski definition) is 2.